The van der Waals surface area contributed by atoms with E-state index in [9.17, 15) is 9.59 Å². The van der Waals surface area contributed by atoms with Crippen molar-refractivity contribution in [2.24, 2.45) is 5.92 Å². The number of amides is 1. The zero-order valence-electron chi connectivity index (χ0n) is 8.95. The van der Waals surface area contributed by atoms with Crippen LogP contribution < -0.4 is 0 Å². The van der Waals surface area contributed by atoms with E-state index in [4.69, 9.17) is 4.74 Å². The summed E-state index contributed by atoms with van der Waals surface area (Å²) in [5, 5.41) is 0. The largest absolute Gasteiger partial charge is 0.367 e. The highest BCUT2D eigenvalue weighted by Gasteiger charge is 2.28. The van der Waals surface area contributed by atoms with Crippen molar-refractivity contribution in [3.05, 3.63) is 0 Å². The molecule has 0 aromatic heterocycles. The number of rotatable bonds is 2. The van der Waals surface area contributed by atoms with Gasteiger partial charge in [-0.25, -0.2) is 0 Å². The molecule has 14 heavy (non-hydrogen) atoms. The number of hydrogen-bond donors (Lipinski definition) is 0. The summed E-state index contributed by atoms with van der Waals surface area (Å²) < 4.78 is 5.34. The maximum Gasteiger partial charge on any atom is 0.219 e. The number of Topliss-reactive ketones (excluding diaryl/α,β-unsaturated/α-hetero) is 1. The second kappa shape index (κ2) is 4.55. The number of nitrogens with zero attached hydrogens (tertiary/aromatic N) is 1. The summed E-state index contributed by atoms with van der Waals surface area (Å²) in [5.74, 6) is 0.0534. The van der Waals surface area contributed by atoms with Crippen molar-refractivity contribution in [3.63, 3.8) is 0 Å². The van der Waals surface area contributed by atoms with E-state index in [1.54, 1.807) is 4.90 Å². The molecule has 1 saturated heterocycles. The molecule has 0 radical (unpaired) electrons. The molecule has 1 aliphatic rings. The third-order valence-corrected chi connectivity index (χ3v) is 2.40. The van der Waals surface area contributed by atoms with Gasteiger partial charge < -0.3 is 9.64 Å². The number of morpholine rings is 1. The van der Waals surface area contributed by atoms with E-state index in [1.807, 2.05) is 13.8 Å². The van der Waals surface area contributed by atoms with Gasteiger partial charge in [-0.05, 0) is 0 Å². The summed E-state index contributed by atoms with van der Waals surface area (Å²) >= 11 is 0. The zero-order valence-corrected chi connectivity index (χ0v) is 8.95. The highest BCUT2D eigenvalue weighted by Crippen LogP contribution is 2.10. The second-order valence-corrected chi connectivity index (χ2v) is 3.88. The SMILES string of the molecule is CC(=O)N1CCOC(C(=O)C(C)C)C1. The quantitative estimate of drug-likeness (QED) is 0.649. The molecule has 4 heteroatoms. The van der Waals surface area contributed by atoms with Crippen LogP contribution >= 0.6 is 0 Å². The van der Waals surface area contributed by atoms with Crippen molar-refractivity contribution >= 4 is 11.7 Å². The minimum Gasteiger partial charge on any atom is -0.367 e. The van der Waals surface area contributed by atoms with Gasteiger partial charge >= 0.3 is 0 Å². The van der Waals surface area contributed by atoms with Crippen molar-refractivity contribution in [2.45, 2.75) is 26.9 Å². The first-order chi connectivity index (χ1) is 6.52. The van der Waals surface area contributed by atoms with Gasteiger partial charge in [0.1, 0.15) is 6.10 Å². The summed E-state index contributed by atoms with van der Waals surface area (Å²) in [6, 6.07) is 0. The predicted octanol–water partition coefficient (Wildman–Crippen LogP) is 0.459. The van der Waals surface area contributed by atoms with Crippen molar-refractivity contribution < 1.29 is 14.3 Å². The standard InChI is InChI=1S/C10H17NO3/c1-7(2)10(13)9-6-11(8(3)12)4-5-14-9/h7,9H,4-6H2,1-3H3. The third-order valence-electron chi connectivity index (χ3n) is 2.40. The lowest BCUT2D eigenvalue weighted by atomic mass is 10.0. The van der Waals surface area contributed by atoms with E-state index in [1.165, 1.54) is 6.92 Å². The number of ketones is 1. The average Bonchev–Trinajstić information content (AvgIpc) is 2.16. The molecule has 1 aliphatic heterocycles. The molecule has 1 unspecified atom stereocenters. The van der Waals surface area contributed by atoms with Crippen LogP contribution in [0.1, 0.15) is 20.8 Å². The molecule has 0 N–H and O–H groups in total. The molecule has 1 heterocycles. The molecule has 0 aromatic rings. The highest BCUT2D eigenvalue weighted by atomic mass is 16.5. The number of carbonyl (C=O) groups excluding carboxylic acids is 2. The second-order valence-electron chi connectivity index (χ2n) is 3.88. The average molecular weight is 199 g/mol. The Bertz CT molecular complexity index is 238. The smallest absolute Gasteiger partial charge is 0.219 e. The lowest BCUT2D eigenvalue weighted by molar-refractivity contribution is -0.146. The van der Waals surface area contributed by atoms with E-state index < -0.39 is 6.10 Å². The summed E-state index contributed by atoms with van der Waals surface area (Å²) in [6.45, 7) is 6.67. The van der Waals surface area contributed by atoms with Crippen molar-refractivity contribution in [1.82, 2.24) is 4.90 Å². The fourth-order valence-corrected chi connectivity index (χ4v) is 1.48. The Hall–Kier alpha value is -0.900. The number of carbonyl (C=O) groups is 2. The van der Waals surface area contributed by atoms with Crippen LogP contribution in [0.3, 0.4) is 0 Å². The first kappa shape index (κ1) is 11.2. The molecule has 0 bridgehead atoms. The fraction of sp³-hybridized carbons (Fsp3) is 0.800. The van der Waals surface area contributed by atoms with Gasteiger partial charge in [0, 0.05) is 19.4 Å². The maximum absolute atomic E-state index is 11.6. The molecule has 1 rings (SSSR count). The molecule has 1 atom stereocenters. The molecule has 4 nitrogen and oxygen atoms in total. The Morgan fingerprint density at radius 2 is 2.07 bits per heavy atom. The molecule has 0 aromatic carbocycles. The van der Waals surface area contributed by atoms with Crippen molar-refractivity contribution in [3.8, 4) is 0 Å². The molecule has 0 saturated carbocycles. The van der Waals surface area contributed by atoms with Crippen LogP contribution in [0, 0.1) is 5.92 Å². The summed E-state index contributed by atoms with van der Waals surface area (Å²) in [7, 11) is 0. The minimum atomic E-state index is -0.423. The predicted molar refractivity (Wildman–Crippen MR) is 51.8 cm³/mol. The monoisotopic (exact) mass is 199 g/mol. The van der Waals surface area contributed by atoms with Crippen LogP contribution in [0.15, 0.2) is 0 Å². The Morgan fingerprint density at radius 1 is 1.43 bits per heavy atom. The van der Waals surface area contributed by atoms with Crippen molar-refractivity contribution in [1.29, 1.82) is 0 Å². The van der Waals surface area contributed by atoms with Crippen LogP contribution in [0.4, 0.5) is 0 Å². The van der Waals surface area contributed by atoms with Gasteiger partial charge in [0.05, 0.1) is 13.2 Å². The lowest BCUT2D eigenvalue weighted by Gasteiger charge is -2.32. The van der Waals surface area contributed by atoms with Gasteiger partial charge in [-0.2, -0.15) is 0 Å². The highest BCUT2D eigenvalue weighted by molar-refractivity contribution is 5.86. The molecule has 0 aliphatic carbocycles. The van der Waals surface area contributed by atoms with E-state index in [-0.39, 0.29) is 17.6 Å². The summed E-state index contributed by atoms with van der Waals surface area (Å²) in [6.07, 6.45) is -0.423. The summed E-state index contributed by atoms with van der Waals surface area (Å²) in [5.41, 5.74) is 0. The first-order valence-electron chi connectivity index (χ1n) is 4.93. The first-order valence-corrected chi connectivity index (χ1v) is 4.93. The Kier molecular flexibility index (Phi) is 3.63. The van der Waals surface area contributed by atoms with E-state index in [0.29, 0.717) is 19.7 Å². The normalized spacial score (nSPS) is 22.6. The Labute approximate surface area is 84.2 Å². The van der Waals surface area contributed by atoms with Crippen LogP contribution in [0.2, 0.25) is 0 Å². The Balaban J connectivity index is 2.56. The van der Waals surface area contributed by atoms with Gasteiger partial charge in [-0.3, -0.25) is 9.59 Å². The van der Waals surface area contributed by atoms with Crippen LogP contribution in [-0.2, 0) is 14.3 Å². The van der Waals surface area contributed by atoms with Gasteiger partial charge in [-0.1, -0.05) is 13.8 Å². The third kappa shape index (κ3) is 2.54. The molecular weight excluding hydrogens is 182 g/mol. The molecule has 1 amide bonds. The number of ether oxygens (including phenoxy) is 1. The Morgan fingerprint density at radius 3 is 2.57 bits per heavy atom. The molecule has 1 fully saturated rings. The molecule has 0 spiro atoms. The number of hydrogen-bond acceptors (Lipinski definition) is 3. The summed E-state index contributed by atoms with van der Waals surface area (Å²) in [4.78, 5) is 24.4. The minimum absolute atomic E-state index is 0.00913. The van der Waals surface area contributed by atoms with Crippen LogP contribution in [0.5, 0.6) is 0 Å². The van der Waals surface area contributed by atoms with Gasteiger partial charge in [0.25, 0.3) is 0 Å². The topological polar surface area (TPSA) is 46.6 Å². The lowest BCUT2D eigenvalue weighted by Crippen LogP contribution is -2.48. The van der Waals surface area contributed by atoms with Crippen LogP contribution in [-0.4, -0.2) is 42.4 Å². The van der Waals surface area contributed by atoms with Gasteiger partial charge in [0.15, 0.2) is 5.78 Å². The maximum atomic E-state index is 11.6. The van der Waals surface area contributed by atoms with E-state index in [2.05, 4.69) is 0 Å². The molecular formula is C10H17NO3. The van der Waals surface area contributed by atoms with Crippen LogP contribution in [0.25, 0.3) is 0 Å². The molecule has 80 valence electrons. The fourth-order valence-electron chi connectivity index (χ4n) is 1.48. The van der Waals surface area contributed by atoms with Gasteiger partial charge in [0.2, 0.25) is 5.91 Å². The zero-order chi connectivity index (χ0) is 10.7. The van der Waals surface area contributed by atoms with Gasteiger partial charge in [-0.15, -0.1) is 0 Å². The van der Waals surface area contributed by atoms with Crippen molar-refractivity contribution in [2.75, 3.05) is 19.7 Å². The van der Waals surface area contributed by atoms with E-state index in [0.717, 1.165) is 0 Å². The van der Waals surface area contributed by atoms with E-state index >= 15 is 0 Å².